The van der Waals surface area contributed by atoms with Crippen molar-refractivity contribution >= 4 is 33.5 Å². The summed E-state index contributed by atoms with van der Waals surface area (Å²) >= 11 is 3.18. The summed E-state index contributed by atoms with van der Waals surface area (Å²) in [5.41, 5.74) is 5.80. The molecular weight excluding hydrogens is 329 g/mol. The predicted molar refractivity (Wildman–Crippen MR) is 77.4 cm³/mol. The summed E-state index contributed by atoms with van der Waals surface area (Å²) in [6, 6.07) is 4.71. The third kappa shape index (κ3) is 3.77. The zero-order valence-corrected chi connectivity index (χ0v) is 12.3. The Kier molecular flexibility index (Phi) is 4.67. The zero-order chi connectivity index (χ0) is 14.5. The summed E-state index contributed by atoms with van der Waals surface area (Å²) in [5.74, 6) is -0.301. The number of nitrogen functional groups attached to an aromatic ring is 1. The zero-order valence-electron chi connectivity index (χ0n) is 10.7. The number of nitrogens with two attached hydrogens (primary N) is 1. The number of halogens is 2. The largest absolute Gasteiger partial charge is 0.463 e. The number of ether oxygens (including phenoxy) is 1. The Labute approximate surface area is 123 Å². The molecule has 2 rings (SSSR count). The lowest BCUT2D eigenvalue weighted by Gasteiger charge is -2.08. The summed E-state index contributed by atoms with van der Waals surface area (Å²) in [6.07, 6.45) is 0.815. The number of nitrogens with one attached hydrogen (secondary N) is 1. The van der Waals surface area contributed by atoms with Crippen molar-refractivity contribution in [3.63, 3.8) is 0 Å². The number of hydrogen-bond acceptors (Lipinski definition) is 6. The normalized spacial score (nSPS) is 10.3. The maximum Gasteiger partial charge on any atom is 0.323 e. The van der Waals surface area contributed by atoms with Crippen molar-refractivity contribution in [1.82, 2.24) is 15.0 Å². The molecule has 8 heteroatoms. The Hall–Kier alpha value is -1.96. The summed E-state index contributed by atoms with van der Waals surface area (Å²) < 4.78 is 19.6. The molecule has 2 aromatic rings. The number of aromatic nitrogens is 3. The van der Waals surface area contributed by atoms with Gasteiger partial charge in [-0.1, -0.05) is 22.9 Å². The summed E-state index contributed by atoms with van der Waals surface area (Å²) in [4.78, 5) is 11.7. The average molecular weight is 342 g/mol. The number of rotatable bonds is 5. The molecule has 20 heavy (non-hydrogen) atoms. The Balaban J connectivity index is 2.21. The maximum atomic E-state index is 13.7. The number of nitrogens with zero attached hydrogens (tertiary/aromatic N) is 3. The smallest absolute Gasteiger partial charge is 0.323 e. The Bertz CT molecular complexity index is 610. The van der Waals surface area contributed by atoms with Crippen LogP contribution >= 0.6 is 15.9 Å². The minimum atomic E-state index is -0.436. The van der Waals surface area contributed by atoms with Crippen LogP contribution in [0.4, 0.5) is 22.0 Å². The van der Waals surface area contributed by atoms with E-state index in [0.29, 0.717) is 11.1 Å². The van der Waals surface area contributed by atoms with Gasteiger partial charge < -0.3 is 15.8 Å². The van der Waals surface area contributed by atoms with Crippen LogP contribution in [0.5, 0.6) is 6.01 Å². The van der Waals surface area contributed by atoms with Gasteiger partial charge in [-0.05, 0) is 24.6 Å². The minimum absolute atomic E-state index is 0.00567. The summed E-state index contributed by atoms with van der Waals surface area (Å²) in [6.45, 7) is 2.43. The molecule has 1 aromatic carbocycles. The van der Waals surface area contributed by atoms with Gasteiger partial charge in [0.05, 0.1) is 12.3 Å². The van der Waals surface area contributed by atoms with Crippen molar-refractivity contribution < 1.29 is 9.13 Å². The Morgan fingerprint density at radius 3 is 2.85 bits per heavy atom. The van der Waals surface area contributed by atoms with Crippen molar-refractivity contribution in [3.05, 3.63) is 28.5 Å². The summed E-state index contributed by atoms with van der Waals surface area (Å²) in [5, 5.41) is 2.74. The molecule has 1 aromatic heterocycles. The van der Waals surface area contributed by atoms with Gasteiger partial charge in [-0.25, -0.2) is 4.39 Å². The molecule has 0 spiro atoms. The lowest BCUT2D eigenvalue weighted by atomic mass is 10.3. The van der Waals surface area contributed by atoms with Gasteiger partial charge in [0.25, 0.3) is 0 Å². The highest BCUT2D eigenvalue weighted by atomic mass is 79.9. The molecule has 0 saturated carbocycles. The van der Waals surface area contributed by atoms with Crippen LogP contribution in [-0.4, -0.2) is 21.6 Å². The number of hydrogen-bond donors (Lipinski definition) is 2. The van der Waals surface area contributed by atoms with E-state index >= 15 is 0 Å². The van der Waals surface area contributed by atoms with E-state index in [2.05, 4.69) is 36.2 Å². The first kappa shape index (κ1) is 14.4. The van der Waals surface area contributed by atoms with Gasteiger partial charge in [0.1, 0.15) is 5.82 Å². The monoisotopic (exact) mass is 341 g/mol. The van der Waals surface area contributed by atoms with E-state index in [4.69, 9.17) is 10.5 Å². The highest BCUT2D eigenvalue weighted by Crippen LogP contribution is 2.22. The first-order valence-electron chi connectivity index (χ1n) is 5.95. The second kappa shape index (κ2) is 6.47. The van der Waals surface area contributed by atoms with Crippen LogP contribution in [0.3, 0.4) is 0 Å². The maximum absolute atomic E-state index is 13.7. The van der Waals surface area contributed by atoms with Crippen LogP contribution in [-0.2, 0) is 0 Å². The quantitative estimate of drug-likeness (QED) is 0.869. The second-order valence-corrected chi connectivity index (χ2v) is 4.81. The van der Waals surface area contributed by atoms with Gasteiger partial charge in [0, 0.05) is 4.47 Å². The molecule has 0 aliphatic rings. The standard InChI is InChI=1S/C12H13BrFN5O/c1-2-5-20-12-18-10(15)17-11(19-12)16-9-4-3-7(13)6-8(9)14/h3-4,6H,2,5H2,1H3,(H3,15,16,17,18,19). The molecule has 6 nitrogen and oxygen atoms in total. The molecule has 0 unspecified atom stereocenters. The van der Waals surface area contributed by atoms with Crippen LogP contribution in [0, 0.1) is 5.82 Å². The van der Waals surface area contributed by atoms with Crippen molar-refractivity contribution in [2.75, 3.05) is 17.7 Å². The molecule has 0 atom stereocenters. The fourth-order valence-electron chi connectivity index (χ4n) is 1.40. The van der Waals surface area contributed by atoms with E-state index in [1.165, 1.54) is 6.07 Å². The van der Waals surface area contributed by atoms with Crippen LogP contribution < -0.4 is 15.8 Å². The predicted octanol–water partition coefficient (Wildman–Crippen LogP) is 2.89. The van der Waals surface area contributed by atoms with Crippen molar-refractivity contribution in [3.8, 4) is 6.01 Å². The van der Waals surface area contributed by atoms with Gasteiger partial charge >= 0.3 is 6.01 Å². The third-order valence-corrected chi connectivity index (χ3v) is 2.74. The van der Waals surface area contributed by atoms with Gasteiger partial charge in [0.15, 0.2) is 0 Å². The minimum Gasteiger partial charge on any atom is -0.463 e. The van der Waals surface area contributed by atoms with Crippen LogP contribution in [0.1, 0.15) is 13.3 Å². The van der Waals surface area contributed by atoms with Crippen LogP contribution in [0.2, 0.25) is 0 Å². The van der Waals surface area contributed by atoms with Crippen molar-refractivity contribution in [1.29, 1.82) is 0 Å². The van der Waals surface area contributed by atoms with E-state index in [-0.39, 0.29) is 23.6 Å². The molecule has 0 bridgehead atoms. The Morgan fingerprint density at radius 1 is 1.35 bits per heavy atom. The van der Waals surface area contributed by atoms with Gasteiger partial charge in [0.2, 0.25) is 11.9 Å². The number of benzene rings is 1. The highest BCUT2D eigenvalue weighted by Gasteiger charge is 2.08. The topological polar surface area (TPSA) is 86.0 Å². The molecule has 3 N–H and O–H groups in total. The van der Waals surface area contributed by atoms with Gasteiger partial charge in [-0.2, -0.15) is 15.0 Å². The fourth-order valence-corrected chi connectivity index (χ4v) is 1.73. The molecule has 106 valence electrons. The van der Waals surface area contributed by atoms with Crippen molar-refractivity contribution in [2.24, 2.45) is 0 Å². The number of anilines is 3. The Morgan fingerprint density at radius 2 is 2.15 bits per heavy atom. The first-order valence-corrected chi connectivity index (χ1v) is 6.74. The van der Waals surface area contributed by atoms with E-state index in [9.17, 15) is 4.39 Å². The second-order valence-electron chi connectivity index (χ2n) is 3.90. The first-order chi connectivity index (χ1) is 9.58. The summed E-state index contributed by atoms with van der Waals surface area (Å²) in [7, 11) is 0. The molecule has 1 heterocycles. The van der Waals surface area contributed by atoms with Gasteiger partial charge in [-0.3, -0.25) is 0 Å². The molecule has 0 radical (unpaired) electrons. The molecule has 0 amide bonds. The third-order valence-electron chi connectivity index (χ3n) is 2.25. The van der Waals surface area contributed by atoms with Crippen molar-refractivity contribution in [2.45, 2.75) is 13.3 Å². The van der Waals surface area contributed by atoms with Crippen LogP contribution in [0.25, 0.3) is 0 Å². The lowest BCUT2D eigenvalue weighted by Crippen LogP contribution is -2.08. The SMILES string of the molecule is CCCOc1nc(N)nc(Nc2ccc(Br)cc2F)n1. The molecule has 0 aliphatic carbocycles. The lowest BCUT2D eigenvalue weighted by molar-refractivity contribution is 0.292. The van der Waals surface area contributed by atoms with E-state index < -0.39 is 5.82 Å². The average Bonchev–Trinajstić information content (AvgIpc) is 2.39. The highest BCUT2D eigenvalue weighted by molar-refractivity contribution is 9.10. The fraction of sp³-hybridized carbons (Fsp3) is 0.250. The molecule has 0 aliphatic heterocycles. The van der Waals surface area contributed by atoms with E-state index in [1.54, 1.807) is 12.1 Å². The van der Waals surface area contributed by atoms with Crippen LogP contribution in [0.15, 0.2) is 22.7 Å². The molecule has 0 fully saturated rings. The molecule has 0 saturated heterocycles. The van der Waals surface area contributed by atoms with E-state index in [0.717, 1.165) is 6.42 Å². The molecular formula is C12H13BrFN5O. The van der Waals surface area contributed by atoms with Gasteiger partial charge in [-0.15, -0.1) is 0 Å². The van der Waals surface area contributed by atoms with E-state index in [1.807, 2.05) is 6.92 Å².